The lowest BCUT2D eigenvalue weighted by molar-refractivity contribution is 0.588. The first-order valence-corrected chi connectivity index (χ1v) is 5.08. The Bertz CT molecular complexity index is 214. The summed E-state index contributed by atoms with van der Waals surface area (Å²) in [6, 6.07) is 2.98. The van der Waals surface area contributed by atoms with Gasteiger partial charge in [0.1, 0.15) is 5.82 Å². The van der Waals surface area contributed by atoms with Crippen LogP contribution in [-0.2, 0) is 6.54 Å². The Balaban J connectivity index is 0. The molecule has 0 aliphatic carbocycles. The number of nitrogens with one attached hydrogen (secondary N) is 1. The van der Waals surface area contributed by atoms with Gasteiger partial charge in [-0.25, -0.2) is 4.39 Å². The van der Waals surface area contributed by atoms with Crippen molar-refractivity contribution in [3.05, 3.63) is 29.8 Å². The molecule has 0 saturated heterocycles. The molecule has 0 fully saturated rings. The fourth-order valence-electron chi connectivity index (χ4n) is 0.716. The third-order valence-corrected chi connectivity index (χ3v) is 1.18. The Hall–Kier alpha value is -0.960. The summed E-state index contributed by atoms with van der Waals surface area (Å²) >= 11 is 0. The second-order valence-corrected chi connectivity index (χ2v) is 1.96. The first-order valence-electron chi connectivity index (χ1n) is 5.08. The first kappa shape index (κ1) is 15.5. The second kappa shape index (κ2) is 12.0. The molecular formula is C11H21FN2. The Kier molecular flexibility index (Phi) is 13.3. The summed E-state index contributed by atoms with van der Waals surface area (Å²) in [4.78, 5) is 3.83. The number of rotatable bonds is 2. The van der Waals surface area contributed by atoms with Crippen molar-refractivity contribution in [1.29, 1.82) is 0 Å². The molecule has 3 heteroatoms. The van der Waals surface area contributed by atoms with Crippen LogP contribution in [0.3, 0.4) is 0 Å². The number of hydrogen-bond donors (Lipinski definition) is 1. The summed E-state index contributed by atoms with van der Waals surface area (Å²) in [5.41, 5.74) is 0.463. The molecule has 0 aromatic carbocycles. The van der Waals surface area contributed by atoms with Gasteiger partial charge < -0.3 is 5.32 Å². The van der Waals surface area contributed by atoms with E-state index in [-0.39, 0.29) is 5.82 Å². The van der Waals surface area contributed by atoms with Gasteiger partial charge >= 0.3 is 0 Å². The Morgan fingerprint density at radius 2 is 1.86 bits per heavy atom. The average molecular weight is 200 g/mol. The van der Waals surface area contributed by atoms with Crippen LogP contribution in [0.25, 0.3) is 0 Å². The predicted octanol–water partition coefficient (Wildman–Crippen LogP) is 2.99. The highest BCUT2D eigenvalue weighted by atomic mass is 19.1. The van der Waals surface area contributed by atoms with Gasteiger partial charge in [-0.1, -0.05) is 27.7 Å². The van der Waals surface area contributed by atoms with E-state index < -0.39 is 0 Å². The van der Waals surface area contributed by atoms with Gasteiger partial charge in [0.15, 0.2) is 0 Å². The van der Waals surface area contributed by atoms with Gasteiger partial charge in [0.25, 0.3) is 0 Å². The molecule has 1 heterocycles. The fourth-order valence-corrected chi connectivity index (χ4v) is 0.716. The molecule has 1 rings (SSSR count). The van der Waals surface area contributed by atoms with Crippen molar-refractivity contribution in [2.45, 2.75) is 34.2 Å². The van der Waals surface area contributed by atoms with E-state index in [1.807, 2.05) is 27.7 Å². The molecule has 0 bridgehead atoms. The Morgan fingerprint density at radius 3 is 2.29 bits per heavy atom. The van der Waals surface area contributed by atoms with Crippen LogP contribution in [0, 0.1) is 5.82 Å². The zero-order chi connectivity index (χ0) is 11.4. The van der Waals surface area contributed by atoms with Crippen LogP contribution in [0.1, 0.15) is 33.4 Å². The Labute approximate surface area is 86.6 Å². The molecule has 0 aliphatic rings. The van der Waals surface area contributed by atoms with Gasteiger partial charge in [0.2, 0.25) is 0 Å². The number of pyridine rings is 1. The van der Waals surface area contributed by atoms with Gasteiger partial charge in [0, 0.05) is 12.7 Å². The molecule has 1 aromatic rings. The lowest BCUT2D eigenvalue weighted by Gasteiger charge is -1.98. The van der Waals surface area contributed by atoms with E-state index in [0.29, 0.717) is 12.2 Å². The lowest BCUT2D eigenvalue weighted by atomic mass is 10.3. The lowest BCUT2D eigenvalue weighted by Crippen LogP contribution is -2.08. The third-order valence-electron chi connectivity index (χ3n) is 1.18. The van der Waals surface area contributed by atoms with Crippen molar-refractivity contribution in [1.82, 2.24) is 10.3 Å². The SMILES string of the molecule is CC.CC.CNCc1ncccc1F. The molecule has 0 spiro atoms. The largest absolute Gasteiger partial charge is 0.314 e. The van der Waals surface area contributed by atoms with E-state index in [1.165, 1.54) is 6.07 Å². The molecule has 0 amide bonds. The maximum Gasteiger partial charge on any atom is 0.146 e. The first-order chi connectivity index (χ1) is 6.84. The summed E-state index contributed by atoms with van der Waals surface area (Å²) < 4.78 is 12.7. The molecule has 0 saturated carbocycles. The minimum Gasteiger partial charge on any atom is -0.314 e. The molecule has 14 heavy (non-hydrogen) atoms. The van der Waals surface area contributed by atoms with E-state index in [4.69, 9.17) is 0 Å². The standard InChI is InChI=1S/C7H9FN2.2C2H6/c1-9-5-7-6(8)3-2-4-10-7;2*1-2/h2-4,9H,5H2,1H3;2*1-2H3. The van der Waals surface area contributed by atoms with Gasteiger partial charge in [0.05, 0.1) is 5.69 Å². The minimum atomic E-state index is -0.253. The van der Waals surface area contributed by atoms with Crippen molar-refractivity contribution in [2.24, 2.45) is 0 Å². The van der Waals surface area contributed by atoms with Crippen molar-refractivity contribution >= 4 is 0 Å². The number of nitrogens with zero attached hydrogens (tertiary/aromatic N) is 1. The number of halogens is 1. The van der Waals surface area contributed by atoms with E-state index in [2.05, 4.69) is 10.3 Å². The molecule has 0 unspecified atom stereocenters. The molecule has 0 radical (unpaired) electrons. The van der Waals surface area contributed by atoms with Crippen molar-refractivity contribution in [2.75, 3.05) is 7.05 Å². The number of aromatic nitrogens is 1. The zero-order valence-electron chi connectivity index (χ0n) is 9.76. The maximum atomic E-state index is 12.7. The molecular weight excluding hydrogens is 179 g/mol. The van der Waals surface area contributed by atoms with Gasteiger partial charge in [-0.3, -0.25) is 4.98 Å². The van der Waals surface area contributed by atoms with E-state index in [1.54, 1.807) is 19.3 Å². The predicted molar refractivity (Wildman–Crippen MR) is 59.7 cm³/mol. The van der Waals surface area contributed by atoms with Crippen molar-refractivity contribution in [3.8, 4) is 0 Å². The van der Waals surface area contributed by atoms with E-state index in [0.717, 1.165) is 0 Å². The molecule has 2 nitrogen and oxygen atoms in total. The molecule has 1 aromatic heterocycles. The third kappa shape index (κ3) is 6.54. The topological polar surface area (TPSA) is 24.9 Å². The summed E-state index contributed by atoms with van der Waals surface area (Å²) in [6.45, 7) is 8.48. The molecule has 0 atom stereocenters. The fraction of sp³-hybridized carbons (Fsp3) is 0.545. The van der Waals surface area contributed by atoms with Crippen LogP contribution in [0.15, 0.2) is 18.3 Å². The highest BCUT2D eigenvalue weighted by Gasteiger charge is 1.97. The summed E-state index contributed by atoms with van der Waals surface area (Å²) in [6.07, 6.45) is 1.58. The quantitative estimate of drug-likeness (QED) is 0.793. The highest BCUT2D eigenvalue weighted by Crippen LogP contribution is 2.00. The van der Waals surface area contributed by atoms with Crippen molar-refractivity contribution in [3.63, 3.8) is 0 Å². The zero-order valence-corrected chi connectivity index (χ0v) is 9.76. The van der Waals surface area contributed by atoms with Crippen LogP contribution in [0.5, 0.6) is 0 Å². The van der Waals surface area contributed by atoms with Crippen molar-refractivity contribution < 1.29 is 4.39 Å². The Morgan fingerprint density at radius 1 is 1.29 bits per heavy atom. The van der Waals surface area contributed by atoms with Crippen LogP contribution >= 0.6 is 0 Å². The smallest absolute Gasteiger partial charge is 0.146 e. The van der Waals surface area contributed by atoms with Gasteiger partial charge in [-0.05, 0) is 19.2 Å². The molecule has 0 aliphatic heterocycles. The number of hydrogen-bond acceptors (Lipinski definition) is 2. The average Bonchev–Trinajstić information content (AvgIpc) is 2.28. The van der Waals surface area contributed by atoms with E-state index in [9.17, 15) is 4.39 Å². The van der Waals surface area contributed by atoms with Gasteiger partial charge in [-0.15, -0.1) is 0 Å². The van der Waals surface area contributed by atoms with Gasteiger partial charge in [-0.2, -0.15) is 0 Å². The highest BCUT2D eigenvalue weighted by molar-refractivity contribution is 5.06. The normalized spacial score (nSPS) is 7.86. The molecule has 1 N–H and O–H groups in total. The van der Waals surface area contributed by atoms with Crippen LogP contribution in [0.4, 0.5) is 4.39 Å². The summed E-state index contributed by atoms with van der Waals surface area (Å²) in [7, 11) is 1.76. The second-order valence-electron chi connectivity index (χ2n) is 1.96. The van der Waals surface area contributed by atoms with Crippen LogP contribution in [-0.4, -0.2) is 12.0 Å². The summed E-state index contributed by atoms with van der Waals surface area (Å²) in [5.74, 6) is -0.253. The maximum absolute atomic E-state index is 12.7. The van der Waals surface area contributed by atoms with Crippen LogP contribution in [0.2, 0.25) is 0 Å². The minimum absolute atomic E-state index is 0.253. The molecule has 82 valence electrons. The van der Waals surface area contributed by atoms with E-state index >= 15 is 0 Å². The summed E-state index contributed by atoms with van der Waals surface area (Å²) in [5, 5.41) is 2.82. The monoisotopic (exact) mass is 200 g/mol. The van der Waals surface area contributed by atoms with Crippen LogP contribution < -0.4 is 5.32 Å².